The minimum Gasteiger partial charge on any atom is -0.477 e. The molecular formula is C10H11N3O6. The molecule has 0 aliphatic heterocycles. The van der Waals surface area contributed by atoms with Gasteiger partial charge in [-0.25, -0.2) is 9.59 Å². The number of nitrogens with two attached hydrogens (primary N) is 1. The Labute approximate surface area is 107 Å². The summed E-state index contributed by atoms with van der Waals surface area (Å²) in [6, 6.07) is 3.59. The second-order valence-electron chi connectivity index (χ2n) is 3.39. The van der Waals surface area contributed by atoms with Crippen LogP contribution in [0.1, 0.15) is 10.4 Å². The van der Waals surface area contributed by atoms with E-state index in [0.29, 0.717) is 5.69 Å². The lowest BCUT2D eigenvalue weighted by Crippen LogP contribution is -2.18. The number of carboxylic acids is 1. The average molecular weight is 269 g/mol. The maximum absolute atomic E-state index is 10.8. The number of hydrogen-bond donors (Lipinski definition) is 3. The van der Waals surface area contributed by atoms with Gasteiger partial charge in [0.05, 0.1) is 4.92 Å². The zero-order chi connectivity index (χ0) is 14.4. The minimum atomic E-state index is -1.38. The van der Waals surface area contributed by atoms with E-state index < -0.39 is 28.2 Å². The summed E-state index contributed by atoms with van der Waals surface area (Å²) in [6.45, 7) is 0.177. The van der Waals surface area contributed by atoms with Gasteiger partial charge in [0.15, 0.2) is 0 Å². The minimum absolute atomic E-state index is 0.0101. The molecule has 102 valence electrons. The third kappa shape index (κ3) is 4.15. The van der Waals surface area contributed by atoms with E-state index in [0.717, 1.165) is 12.1 Å². The zero-order valence-electron chi connectivity index (χ0n) is 9.66. The first-order chi connectivity index (χ1) is 8.91. The van der Waals surface area contributed by atoms with E-state index in [1.807, 2.05) is 0 Å². The number of aromatic carboxylic acids is 1. The number of anilines is 1. The Morgan fingerprint density at radius 2 is 2.16 bits per heavy atom. The first kappa shape index (κ1) is 14.2. The van der Waals surface area contributed by atoms with Crippen LogP contribution < -0.4 is 11.1 Å². The molecule has 0 atom stereocenters. The Kier molecular flexibility index (Phi) is 4.63. The summed E-state index contributed by atoms with van der Waals surface area (Å²) in [7, 11) is 0. The van der Waals surface area contributed by atoms with Gasteiger partial charge in [-0.3, -0.25) is 10.1 Å². The van der Waals surface area contributed by atoms with Crippen LogP contribution in [0.4, 0.5) is 16.2 Å². The van der Waals surface area contributed by atoms with Crippen molar-refractivity contribution in [3.05, 3.63) is 33.9 Å². The van der Waals surface area contributed by atoms with Crippen LogP contribution in [0.5, 0.6) is 0 Å². The van der Waals surface area contributed by atoms with Gasteiger partial charge in [-0.2, -0.15) is 0 Å². The van der Waals surface area contributed by atoms with Gasteiger partial charge >= 0.3 is 12.1 Å². The van der Waals surface area contributed by atoms with E-state index in [-0.39, 0.29) is 13.2 Å². The molecule has 0 bridgehead atoms. The van der Waals surface area contributed by atoms with Gasteiger partial charge in [0.1, 0.15) is 12.2 Å². The molecule has 0 aliphatic carbocycles. The van der Waals surface area contributed by atoms with Crippen molar-refractivity contribution in [3.8, 4) is 0 Å². The number of hydrogen-bond acceptors (Lipinski definition) is 6. The quantitative estimate of drug-likeness (QED) is 0.393. The van der Waals surface area contributed by atoms with Crippen LogP contribution in [0.15, 0.2) is 18.2 Å². The number of nitrogens with zero attached hydrogens (tertiary/aromatic N) is 1. The molecule has 0 aliphatic rings. The Balaban J connectivity index is 2.76. The van der Waals surface area contributed by atoms with Crippen molar-refractivity contribution in [2.24, 2.45) is 5.73 Å². The van der Waals surface area contributed by atoms with Crippen molar-refractivity contribution < 1.29 is 24.4 Å². The zero-order valence-corrected chi connectivity index (χ0v) is 9.66. The van der Waals surface area contributed by atoms with Gasteiger partial charge in [0.2, 0.25) is 0 Å². The summed E-state index contributed by atoms with van der Waals surface area (Å²) in [5.74, 6) is -1.38. The summed E-state index contributed by atoms with van der Waals surface area (Å²) in [5.41, 5.74) is 4.16. The third-order valence-corrected chi connectivity index (χ3v) is 2.10. The number of carbonyl (C=O) groups is 2. The Morgan fingerprint density at radius 1 is 1.47 bits per heavy atom. The van der Waals surface area contributed by atoms with E-state index in [2.05, 4.69) is 10.1 Å². The number of ether oxygens (including phenoxy) is 1. The van der Waals surface area contributed by atoms with Crippen LogP contribution in [-0.4, -0.2) is 35.2 Å². The number of primary amides is 1. The molecule has 1 rings (SSSR count). The monoisotopic (exact) mass is 269 g/mol. The molecule has 19 heavy (non-hydrogen) atoms. The molecule has 0 radical (unpaired) electrons. The fraction of sp³-hybridized carbons (Fsp3) is 0.200. The maximum atomic E-state index is 10.8. The fourth-order valence-corrected chi connectivity index (χ4v) is 1.32. The van der Waals surface area contributed by atoms with Gasteiger partial charge in [0, 0.05) is 18.3 Å². The van der Waals surface area contributed by atoms with E-state index in [4.69, 9.17) is 10.8 Å². The normalized spacial score (nSPS) is 9.68. The number of rotatable bonds is 6. The highest BCUT2D eigenvalue weighted by Gasteiger charge is 2.19. The smallest absolute Gasteiger partial charge is 0.404 e. The summed E-state index contributed by atoms with van der Waals surface area (Å²) in [5, 5.41) is 22.2. The number of nitro benzene ring substituents is 1. The summed E-state index contributed by atoms with van der Waals surface area (Å²) >= 11 is 0. The first-order valence-electron chi connectivity index (χ1n) is 5.09. The van der Waals surface area contributed by atoms with E-state index in [1.165, 1.54) is 6.07 Å². The number of carbonyl (C=O) groups excluding carboxylic acids is 1. The third-order valence-electron chi connectivity index (χ3n) is 2.10. The molecule has 9 nitrogen and oxygen atoms in total. The topological polar surface area (TPSA) is 145 Å². The Bertz CT molecular complexity index is 516. The van der Waals surface area contributed by atoms with Crippen molar-refractivity contribution >= 4 is 23.4 Å². The van der Waals surface area contributed by atoms with Crippen molar-refractivity contribution in [2.75, 3.05) is 18.5 Å². The van der Waals surface area contributed by atoms with Crippen molar-refractivity contribution in [2.45, 2.75) is 0 Å². The fourth-order valence-electron chi connectivity index (χ4n) is 1.32. The lowest BCUT2D eigenvalue weighted by Gasteiger charge is -2.07. The molecular weight excluding hydrogens is 258 g/mol. The number of nitrogens with one attached hydrogen (secondary N) is 1. The lowest BCUT2D eigenvalue weighted by molar-refractivity contribution is -0.385. The van der Waals surface area contributed by atoms with Gasteiger partial charge in [-0.15, -0.1) is 0 Å². The SMILES string of the molecule is NC(=O)OCCNc1ccc(C(=O)O)c([N+](=O)[O-])c1. The standard InChI is InChI=1S/C10H11N3O6/c11-10(16)19-4-3-12-6-1-2-7(9(14)15)8(5-6)13(17)18/h1-2,5,12H,3-4H2,(H2,11,16)(H,14,15). The molecule has 0 unspecified atom stereocenters. The number of benzene rings is 1. The van der Waals surface area contributed by atoms with E-state index in [1.54, 1.807) is 0 Å². The van der Waals surface area contributed by atoms with Crippen LogP contribution in [0.25, 0.3) is 0 Å². The van der Waals surface area contributed by atoms with Crippen LogP contribution in [0.3, 0.4) is 0 Å². The molecule has 0 saturated heterocycles. The van der Waals surface area contributed by atoms with Gasteiger partial charge in [0.25, 0.3) is 5.69 Å². The summed E-state index contributed by atoms with van der Waals surface area (Å²) in [4.78, 5) is 31.0. The van der Waals surface area contributed by atoms with E-state index in [9.17, 15) is 19.7 Å². The summed E-state index contributed by atoms with van der Waals surface area (Å²) < 4.78 is 4.45. The second-order valence-corrected chi connectivity index (χ2v) is 3.39. The predicted molar refractivity (Wildman–Crippen MR) is 64.1 cm³/mol. The van der Waals surface area contributed by atoms with Crippen LogP contribution in [0, 0.1) is 10.1 Å². The molecule has 1 aromatic rings. The molecule has 0 saturated carbocycles. The first-order valence-corrected chi connectivity index (χ1v) is 5.09. The molecule has 0 aromatic heterocycles. The maximum Gasteiger partial charge on any atom is 0.404 e. The predicted octanol–water partition coefficient (Wildman–Crippen LogP) is 0.800. The van der Waals surface area contributed by atoms with Gasteiger partial charge in [-0.1, -0.05) is 0 Å². The van der Waals surface area contributed by atoms with Crippen molar-refractivity contribution in [1.29, 1.82) is 0 Å². The van der Waals surface area contributed by atoms with Crippen molar-refractivity contribution in [1.82, 2.24) is 0 Å². The van der Waals surface area contributed by atoms with E-state index >= 15 is 0 Å². The number of carboxylic acid groups (broad SMARTS) is 1. The highest BCUT2D eigenvalue weighted by Crippen LogP contribution is 2.23. The van der Waals surface area contributed by atoms with Crippen LogP contribution >= 0.6 is 0 Å². The second kappa shape index (κ2) is 6.19. The molecule has 1 aromatic carbocycles. The number of nitro groups is 1. The van der Waals surface area contributed by atoms with Crippen molar-refractivity contribution in [3.63, 3.8) is 0 Å². The molecule has 0 heterocycles. The number of amides is 1. The highest BCUT2D eigenvalue weighted by molar-refractivity contribution is 5.93. The molecule has 4 N–H and O–H groups in total. The van der Waals surface area contributed by atoms with Gasteiger partial charge < -0.3 is 20.9 Å². The molecule has 0 fully saturated rings. The lowest BCUT2D eigenvalue weighted by atomic mass is 10.1. The van der Waals surface area contributed by atoms with Gasteiger partial charge in [-0.05, 0) is 12.1 Å². The molecule has 1 amide bonds. The summed E-state index contributed by atoms with van der Waals surface area (Å²) in [6.07, 6.45) is -0.922. The van der Waals surface area contributed by atoms with Crippen LogP contribution in [0.2, 0.25) is 0 Å². The highest BCUT2D eigenvalue weighted by atomic mass is 16.6. The van der Waals surface area contributed by atoms with Crippen LogP contribution in [-0.2, 0) is 4.74 Å². The average Bonchev–Trinajstić information content (AvgIpc) is 2.33. The molecule has 0 spiro atoms. The molecule has 9 heteroatoms. The Morgan fingerprint density at radius 3 is 2.68 bits per heavy atom. The Hall–Kier alpha value is -2.84. The largest absolute Gasteiger partial charge is 0.477 e.